The third-order valence-corrected chi connectivity index (χ3v) is 6.63. The van der Waals surface area contributed by atoms with Crippen molar-refractivity contribution in [3.8, 4) is 17.2 Å². The van der Waals surface area contributed by atoms with Gasteiger partial charge in [-0.05, 0) is 100 Å². The highest BCUT2D eigenvalue weighted by Crippen LogP contribution is 2.39. The first-order valence-corrected chi connectivity index (χ1v) is 12.8. The van der Waals surface area contributed by atoms with Gasteiger partial charge in [0.2, 0.25) is 0 Å². The van der Waals surface area contributed by atoms with Crippen molar-refractivity contribution in [2.75, 3.05) is 13.7 Å². The van der Waals surface area contributed by atoms with Crippen LogP contribution in [0.1, 0.15) is 28.4 Å². The summed E-state index contributed by atoms with van der Waals surface area (Å²) in [6, 6.07) is 17.4. The Balaban J connectivity index is 1.50. The second-order valence-electron chi connectivity index (χ2n) is 7.74. The van der Waals surface area contributed by atoms with Gasteiger partial charge in [0.25, 0.3) is 5.91 Å². The Morgan fingerprint density at radius 1 is 1.14 bits per heavy atom. The van der Waals surface area contributed by atoms with Gasteiger partial charge in [0.1, 0.15) is 12.4 Å². The number of carbonyl (C=O) groups excluding carboxylic acids is 1. The van der Waals surface area contributed by atoms with E-state index in [0.29, 0.717) is 43.9 Å². The van der Waals surface area contributed by atoms with E-state index < -0.39 is 5.97 Å². The van der Waals surface area contributed by atoms with Crippen LogP contribution in [0.15, 0.2) is 75.0 Å². The van der Waals surface area contributed by atoms with Gasteiger partial charge in [0.15, 0.2) is 16.7 Å². The Hall–Kier alpha value is -3.76. The SMILES string of the molecule is CCOc1ccc(N=C2NC(=O)/C(=C\c3cc(Br)c(OCc4cccc(C(=O)O)c4)c(OC)c3)S2)cc1. The number of ether oxygens (including phenoxy) is 3. The fourth-order valence-electron chi connectivity index (χ4n) is 3.45. The van der Waals surface area contributed by atoms with Gasteiger partial charge in [0, 0.05) is 0 Å². The quantitative estimate of drug-likeness (QED) is 0.297. The number of halogens is 1. The minimum absolute atomic E-state index is 0.153. The molecule has 10 heteroatoms. The number of carboxylic acids is 1. The summed E-state index contributed by atoms with van der Waals surface area (Å²) in [6.45, 7) is 2.66. The van der Waals surface area contributed by atoms with Crippen LogP contribution in [-0.2, 0) is 11.4 Å². The van der Waals surface area contributed by atoms with E-state index in [4.69, 9.17) is 14.2 Å². The van der Waals surface area contributed by atoms with Crippen LogP contribution in [0, 0.1) is 0 Å². The summed E-state index contributed by atoms with van der Waals surface area (Å²) < 4.78 is 17.5. The van der Waals surface area contributed by atoms with E-state index in [1.54, 1.807) is 30.3 Å². The van der Waals surface area contributed by atoms with Crippen LogP contribution in [-0.4, -0.2) is 35.9 Å². The average Bonchev–Trinajstić information content (AvgIpc) is 3.22. The molecule has 0 saturated carbocycles. The van der Waals surface area contributed by atoms with E-state index in [1.165, 1.54) is 24.9 Å². The first-order valence-electron chi connectivity index (χ1n) is 11.2. The highest BCUT2D eigenvalue weighted by atomic mass is 79.9. The van der Waals surface area contributed by atoms with Crippen LogP contribution in [0.3, 0.4) is 0 Å². The molecule has 1 aliphatic heterocycles. The highest BCUT2D eigenvalue weighted by Gasteiger charge is 2.24. The van der Waals surface area contributed by atoms with E-state index >= 15 is 0 Å². The van der Waals surface area contributed by atoms with Crippen LogP contribution < -0.4 is 19.5 Å². The smallest absolute Gasteiger partial charge is 0.335 e. The van der Waals surface area contributed by atoms with E-state index in [9.17, 15) is 14.7 Å². The molecule has 1 saturated heterocycles. The first-order chi connectivity index (χ1) is 17.9. The maximum atomic E-state index is 12.5. The second-order valence-corrected chi connectivity index (χ2v) is 9.62. The fourth-order valence-corrected chi connectivity index (χ4v) is 4.86. The molecular weight excluding hydrogens is 560 g/mol. The summed E-state index contributed by atoms with van der Waals surface area (Å²) in [6.07, 6.45) is 1.74. The van der Waals surface area contributed by atoms with Gasteiger partial charge in [-0.15, -0.1) is 0 Å². The molecule has 1 amide bonds. The molecule has 190 valence electrons. The van der Waals surface area contributed by atoms with Crippen molar-refractivity contribution in [1.29, 1.82) is 0 Å². The predicted molar refractivity (Wildman–Crippen MR) is 147 cm³/mol. The van der Waals surface area contributed by atoms with E-state index in [1.807, 2.05) is 37.3 Å². The molecule has 1 fully saturated rings. The number of rotatable bonds is 9. The molecule has 0 atom stereocenters. The summed E-state index contributed by atoms with van der Waals surface area (Å²) in [5.74, 6) is 0.438. The molecule has 0 spiro atoms. The lowest BCUT2D eigenvalue weighted by Crippen LogP contribution is -2.19. The van der Waals surface area contributed by atoms with Gasteiger partial charge in [0.05, 0.1) is 34.3 Å². The number of hydrogen-bond acceptors (Lipinski definition) is 7. The van der Waals surface area contributed by atoms with Gasteiger partial charge in [-0.2, -0.15) is 0 Å². The zero-order chi connectivity index (χ0) is 26.4. The van der Waals surface area contributed by atoms with Crippen LogP contribution >= 0.6 is 27.7 Å². The maximum Gasteiger partial charge on any atom is 0.335 e. The molecule has 0 unspecified atom stereocenters. The summed E-state index contributed by atoms with van der Waals surface area (Å²) in [7, 11) is 1.52. The second kappa shape index (κ2) is 12.0. The lowest BCUT2D eigenvalue weighted by molar-refractivity contribution is -0.115. The molecule has 1 heterocycles. The molecule has 0 bridgehead atoms. The van der Waals surface area contributed by atoms with Crippen molar-refractivity contribution in [1.82, 2.24) is 5.32 Å². The number of nitrogens with one attached hydrogen (secondary N) is 1. The topological polar surface area (TPSA) is 106 Å². The molecule has 3 aromatic carbocycles. The standard InChI is InChI=1S/C27H23BrN2O6S/c1-3-35-20-9-7-19(8-10-20)29-27-30-25(31)23(37-27)14-17-12-21(28)24(22(13-17)34-2)36-15-16-5-4-6-18(11-16)26(32)33/h4-14H,3,15H2,1-2H3,(H,32,33)(H,29,30,31)/b23-14+. The van der Waals surface area contributed by atoms with Crippen LogP contribution in [0.4, 0.5) is 5.69 Å². The lowest BCUT2D eigenvalue weighted by atomic mass is 10.1. The van der Waals surface area contributed by atoms with Gasteiger partial charge >= 0.3 is 5.97 Å². The van der Waals surface area contributed by atoms with Crippen LogP contribution in [0.2, 0.25) is 0 Å². The molecule has 0 aliphatic carbocycles. The number of amides is 1. The number of carbonyl (C=O) groups is 2. The highest BCUT2D eigenvalue weighted by molar-refractivity contribution is 9.10. The minimum Gasteiger partial charge on any atom is -0.494 e. The summed E-state index contributed by atoms with van der Waals surface area (Å²) in [5.41, 5.74) is 2.32. The monoisotopic (exact) mass is 582 g/mol. The minimum atomic E-state index is -1.00. The Bertz CT molecular complexity index is 1390. The summed E-state index contributed by atoms with van der Waals surface area (Å²) >= 11 is 4.76. The van der Waals surface area contributed by atoms with Gasteiger partial charge in [-0.3, -0.25) is 4.79 Å². The van der Waals surface area contributed by atoms with Crippen molar-refractivity contribution < 1.29 is 28.9 Å². The molecule has 1 aliphatic rings. The molecule has 4 rings (SSSR count). The van der Waals surface area contributed by atoms with E-state index in [0.717, 1.165) is 11.3 Å². The van der Waals surface area contributed by atoms with Crippen molar-refractivity contribution in [2.24, 2.45) is 4.99 Å². The van der Waals surface area contributed by atoms with Gasteiger partial charge < -0.3 is 24.6 Å². The largest absolute Gasteiger partial charge is 0.494 e. The number of amidine groups is 1. The molecule has 0 radical (unpaired) electrons. The maximum absolute atomic E-state index is 12.5. The number of aromatic carboxylic acids is 1. The zero-order valence-electron chi connectivity index (χ0n) is 20.0. The normalized spacial score (nSPS) is 15.1. The Morgan fingerprint density at radius 2 is 1.92 bits per heavy atom. The lowest BCUT2D eigenvalue weighted by Gasteiger charge is -2.14. The summed E-state index contributed by atoms with van der Waals surface area (Å²) in [4.78, 5) is 28.7. The molecule has 8 nitrogen and oxygen atoms in total. The molecule has 37 heavy (non-hydrogen) atoms. The first kappa shape index (κ1) is 26.3. The predicted octanol–water partition coefficient (Wildman–Crippen LogP) is 6.03. The van der Waals surface area contributed by atoms with Crippen molar-refractivity contribution >= 4 is 56.5 Å². The average molecular weight is 583 g/mol. The van der Waals surface area contributed by atoms with Gasteiger partial charge in [-0.25, -0.2) is 9.79 Å². The van der Waals surface area contributed by atoms with E-state index in [-0.39, 0.29) is 18.1 Å². The number of methoxy groups -OCH3 is 1. The van der Waals surface area contributed by atoms with Crippen molar-refractivity contribution in [3.05, 3.63) is 86.7 Å². The van der Waals surface area contributed by atoms with Crippen molar-refractivity contribution in [2.45, 2.75) is 13.5 Å². The third-order valence-electron chi connectivity index (χ3n) is 5.14. The Kier molecular flexibility index (Phi) is 8.52. The molecule has 2 N–H and O–H groups in total. The molecule has 0 aromatic heterocycles. The van der Waals surface area contributed by atoms with Gasteiger partial charge in [-0.1, -0.05) is 12.1 Å². The number of hydrogen-bond donors (Lipinski definition) is 2. The third kappa shape index (κ3) is 6.72. The molecular formula is C27H23BrN2O6S. The molecule has 3 aromatic rings. The number of carboxylic acid groups (broad SMARTS) is 1. The van der Waals surface area contributed by atoms with Crippen molar-refractivity contribution in [3.63, 3.8) is 0 Å². The number of nitrogens with zero attached hydrogens (tertiary/aromatic N) is 1. The van der Waals surface area contributed by atoms with Crippen LogP contribution in [0.25, 0.3) is 6.08 Å². The number of thioether (sulfide) groups is 1. The number of benzene rings is 3. The fraction of sp³-hybridized carbons (Fsp3) is 0.148. The summed E-state index contributed by atoms with van der Waals surface area (Å²) in [5, 5.41) is 12.5. The Morgan fingerprint density at radius 3 is 2.62 bits per heavy atom. The Labute approximate surface area is 226 Å². The van der Waals surface area contributed by atoms with Crippen LogP contribution in [0.5, 0.6) is 17.2 Å². The number of aliphatic imine (C=N–C) groups is 1. The zero-order valence-corrected chi connectivity index (χ0v) is 22.4. The van der Waals surface area contributed by atoms with E-state index in [2.05, 4.69) is 26.2 Å².